The van der Waals surface area contributed by atoms with Crippen molar-refractivity contribution in [3.05, 3.63) is 129 Å². The summed E-state index contributed by atoms with van der Waals surface area (Å²) >= 11 is 20.0. The van der Waals surface area contributed by atoms with E-state index in [0.717, 1.165) is 4.90 Å². The van der Waals surface area contributed by atoms with Gasteiger partial charge in [-0.05, 0) is 66.6 Å². The highest BCUT2D eigenvalue weighted by Crippen LogP contribution is 2.32. The summed E-state index contributed by atoms with van der Waals surface area (Å²) in [5.41, 5.74) is 1.90. The van der Waals surface area contributed by atoms with Crippen LogP contribution in [0.1, 0.15) is 29.3 Å². The summed E-state index contributed by atoms with van der Waals surface area (Å²) in [5.74, 6) is -1.21. The van der Waals surface area contributed by atoms with Gasteiger partial charge in [0.05, 0.1) is 21.0 Å². The zero-order valence-corrected chi connectivity index (χ0v) is 25.5. The molecule has 3 N–H and O–H groups in total. The van der Waals surface area contributed by atoms with Gasteiger partial charge in [-0.1, -0.05) is 90.3 Å². The van der Waals surface area contributed by atoms with Crippen molar-refractivity contribution in [2.75, 3.05) is 10.6 Å². The second kappa shape index (κ2) is 14.9. The fourth-order valence-corrected chi connectivity index (χ4v) is 5.39. The number of benzene rings is 4. The van der Waals surface area contributed by atoms with Crippen LogP contribution < -0.4 is 16.0 Å². The second-order valence-electron chi connectivity index (χ2n) is 8.99. The zero-order valence-electron chi connectivity index (χ0n) is 22.4. The van der Waals surface area contributed by atoms with Gasteiger partial charge < -0.3 is 16.0 Å². The van der Waals surface area contributed by atoms with E-state index < -0.39 is 17.1 Å². The average Bonchev–Trinajstić information content (AvgIpc) is 2.99. The van der Waals surface area contributed by atoms with Crippen molar-refractivity contribution in [1.29, 1.82) is 0 Å². The monoisotopic (exact) mass is 637 g/mol. The number of anilines is 2. The predicted molar refractivity (Wildman–Crippen MR) is 173 cm³/mol. The van der Waals surface area contributed by atoms with Gasteiger partial charge in [0, 0.05) is 21.2 Å². The van der Waals surface area contributed by atoms with E-state index in [2.05, 4.69) is 16.0 Å². The van der Waals surface area contributed by atoms with Crippen LogP contribution in [-0.4, -0.2) is 23.0 Å². The molecule has 4 aromatic rings. The Morgan fingerprint density at radius 2 is 1.50 bits per heavy atom. The third kappa shape index (κ3) is 8.39. The first-order chi connectivity index (χ1) is 20.2. The summed E-state index contributed by atoms with van der Waals surface area (Å²) in [5, 5.41) is 9.00. The highest BCUT2D eigenvalue weighted by atomic mass is 35.5. The van der Waals surface area contributed by atoms with Crippen molar-refractivity contribution in [2.24, 2.45) is 0 Å². The summed E-state index contributed by atoms with van der Waals surface area (Å²) in [7, 11) is 0. The van der Waals surface area contributed by atoms with Crippen molar-refractivity contribution < 1.29 is 14.4 Å². The van der Waals surface area contributed by atoms with Gasteiger partial charge in [-0.3, -0.25) is 14.4 Å². The van der Waals surface area contributed by atoms with Crippen LogP contribution >= 0.6 is 46.6 Å². The molecule has 3 amide bonds. The van der Waals surface area contributed by atoms with E-state index in [1.807, 2.05) is 13.0 Å². The molecule has 42 heavy (non-hydrogen) atoms. The van der Waals surface area contributed by atoms with Crippen LogP contribution in [0.3, 0.4) is 0 Å². The Hall–Kier alpha value is -3.75. The van der Waals surface area contributed by atoms with E-state index >= 15 is 0 Å². The number of halogens is 3. The van der Waals surface area contributed by atoms with Crippen LogP contribution in [0.5, 0.6) is 0 Å². The molecule has 0 spiro atoms. The molecule has 6 nitrogen and oxygen atoms in total. The van der Waals surface area contributed by atoms with Crippen LogP contribution in [0.25, 0.3) is 6.08 Å². The van der Waals surface area contributed by atoms with Crippen LogP contribution in [0.2, 0.25) is 15.1 Å². The fourth-order valence-electron chi connectivity index (χ4n) is 3.84. The molecular formula is C32H26Cl3N3O3S. The Morgan fingerprint density at radius 3 is 2.24 bits per heavy atom. The lowest BCUT2D eigenvalue weighted by molar-refractivity contribution is -0.116. The van der Waals surface area contributed by atoms with Crippen molar-refractivity contribution in [2.45, 2.75) is 23.5 Å². The van der Waals surface area contributed by atoms with E-state index in [9.17, 15) is 14.4 Å². The molecule has 0 aliphatic heterocycles. The summed E-state index contributed by atoms with van der Waals surface area (Å²) < 4.78 is 0. The molecule has 0 bridgehead atoms. The van der Waals surface area contributed by atoms with E-state index in [4.69, 9.17) is 34.8 Å². The molecule has 0 aliphatic carbocycles. The quantitative estimate of drug-likeness (QED) is 0.120. The number of carbonyl (C=O) groups is 3. The first-order valence-electron chi connectivity index (χ1n) is 12.9. The Labute approximate surface area is 263 Å². The molecule has 4 aromatic carbocycles. The normalized spacial score (nSPS) is 11.9. The minimum Gasteiger partial charge on any atom is -0.324 e. The summed E-state index contributed by atoms with van der Waals surface area (Å²) in [4.78, 5) is 40.1. The lowest BCUT2D eigenvalue weighted by Gasteiger charge is -2.16. The number of amides is 3. The van der Waals surface area contributed by atoms with Gasteiger partial charge in [-0.15, -0.1) is 11.8 Å². The minimum absolute atomic E-state index is 0.0132. The zero-order chi connectivity index (χ0) is 30.1. The van der Waals surface area contributed by atoms with E-state index in [0.29, 0.717) is 39.0 Å². The number of hydrogen-bond acceptors (Lipinski definition) is 4. The highest BCUT2D eigenvalue weighted by Gasteiger charge is 2.20. The topological polar surface area (TPSA) is 87.3 Å². The smallest absolute Gasteiger partial charge is 0.272 e. The summed E-state index contributed by atoms with van der Waals surface area (Å²) in [6, 6.07) is 27.7. The lowest BCUT2D eigenvalue weighted by atomic mass is 10.1. The third-order valence-corrected chi connectivity index (χ3v) is 8.50. The van der Waals surface area contributed by atoms with Crippen LogP contribution in [0.4, 0.5) is 11.4 Å². The molecule has 1 unspecified atom stereocenters. The molecule has 4 rings (SSSR count). The van der Waals surface area contributed by atoms with E-state index in [1.54, 1.807) is 91.0 Å². The molecule has 1 atom stereocenters. The number of carbonyl (C=O) groups excluding carboxylic acids is 3. The molecule has 0 radical (unpaired) electrons. The molecule has 0 aliphatic rings. The Kier molecular flexibility index (Phi) is 11.1. The van der Waals surface area contributed by atoms with Gasteiger partial charge in [-0.25, -0.2) is 0 Å². The standard InChI is InChI=1S/C32H26Cl3N3O3S/c1-2-28(32(41)37-26-17-9-16-25(34)29(26)35)42-23-14-8-13-22(19-23)36-31(40)27(18-21-12-6-7-15-24(21)33)38-30(39)20-10-4-3-5-11-20/h3-19,28H,2H2,1H3,(H,36,40)(H,37,41)(H,38,39)/b27-18+. The highest BCUT2D eigenvalue weighted by molar-refractivity contribution is 8.00. The average molecular weight is 639 g/mol. The third-order valence-electron chi connectivity index (χ3n) is 5.98. The molecule has 0 saturated carbocycles. The summed E-state index contributed by atoms with van der Waals surface area (Å²) in [6.45, 7) is 1.91. The van der Waals surface area contributed by atoms with Gasteiger partial charge in [0.15, 0.2) is 0 Å². The van der Waals surface area contributed by atoms with E-state index in [1.165, 1.54) is 17.8 Å². The van der Waals surface area contributed by atoms with Crippen molar-refractivity contribution in [3.63, 3.8) is 0 Å². The van der Waals surface area contributed by atoms with Crippen molar-refractivity contribution in [3.8, 4) is 0 Å². The predicted octanol–water partition coefficient (Wildman–Crippen LogP) is 8.57. The van der Waals surface area contributed by atoms with Crippen LogP contribution in [0, 0.1) is 0 Å². The molecule has 0 saturated heterocycles. The van der Waals surface area contributed by atoms with Gasteiger partial charge >= 0.3 is 0 Å². The van der Waals surface area contributed by atoms with Gasteiger partial charge in [0.25, 0.3) is 11.8 Å². The second-order valence-corrected chi connectivity index (χ2v) is 11.5. The first kappa shape index (κ1) is 31.2. The van der Waals surface area contributed by atoms with Gasteiger partial charge in [0.1, 0.15) is 5.70 Å². The number of thioether (sulfide) groups is 1. The molecule has 0 fully saturated rings. The number of nitrogens with one attached hydrogen (secondary N) is 3. The van der Waals surface area contributed by atoms with Crippen molar-refractivity contribution in [1.82, 2.24) is 5.32 Å². The largest absolute Gasteiger partial charge is 0.324 e. The lowest BCUT2D eigenvalue weighted by Crippen LogP contribution is -2.30. The fraction of sp³-hybridized carbons (Fsp3) is 0.0938. The maximum Gasteiger partial charge on any atom is 0.272 e. The minimum atomic E-state index is -0.540. The maximum absolute atomic E-state index is 13.4. The van der Waals surface area contributed by atoms with E-state index in [-0.39, 0.29) is 16.6 Å². The maximum atomic E-state index is 13.4. The Bertz CT molecular complexity index is 1630. The van der Waals surface area contributed by atoms with Crippen molar-refractivity contribution >= 4 is 81.7 Å². The van der Waals surface area contributed by atoms with Crippen LogP contribution in [-0.2, 0) is 9.59 Å². The Balaban J connectivity index is 1.51. The van der Waals surface area contributed by atoms with Crippen LogP contribution in [0.15, 0.2) is 108 Å². The molecular weight excluding hydrogens is 613 g/mol. The number of hydrogen-bond donors (Lipinski definition) is 3. The first-order valence-corrected chi connectivity index (χ1v) is 14.9. The molecule has 10 heteroatoms. The van der Waals surface area contributed by atoms with Gasteiger partial charge in [0.2, 0.25) is 5.91 Å². The summed E-state index contributed by atoms with van der Waals surface area (Å²) in [6.07, 6.45) is 2.07. The Morgan fingerprint density at radius 1 is 0.810 bits per heavy atom. The number of rotatable bonds is 10. The molecule has 0 heterocycles. The van der Waals surface area contributed by atoms with Gasteiger partial charge in [-0.2, -0.15) is 0 Å². The SMILES string of the molecule is CCC(Sc1cccc(NC(=O)/C(=C\c2ccccc2Cl)NC(=O)c2ccccc2)c1)C(=O)Nc1cccc(Cl)c1Cl. The molecule has 0 aromatic heterocycles. The molecule has 214 valence electrons.